The normalized spacial score (nSPS) is 12.3. The Morgan fingerprint density at radius 1 is 0.533 bits per heavy atom. The van der Waals surface area contributed by atoms with Crippen molar-refractivity contribution in [3.05, 3.63) is 48.3 Å². The molecule has 1 rings (SSSR count). The Hall–Kier alpha value is -1.70. The number of hydrogen-bond donors (Lipinski definition) is 0. The Morgan fingerprint density at radius 3 is 1.31 bits per heavy atom. The van der Waals surface area contributed by atoms with Crippen LogP contribution in [0.2, 0.25) is 0 Å². The Balaban J connectivity index is 2.08. The highest BCUT2D eigenvalue weighted by Gasteiger charge is 2.04. The predicted molar refractivity (Wildman–Crippen MR) is 203 cm³/mol. The molecule has 0 atom stereocenters. The highest BCUT2D eigenvalue weighted by molar-refractivity contribution is 5.88. The number of aromatic nitrogens is 1. The van der Waals surface area contributed by atoms with Crippen molar-refractivity contribution >= 4 is 11.8 Å². The third kappa shape index (κ3) is 27.2. The van der Waals surface area contributed by atoms with Crippen LogP contribution in [0.1, 0.15) is 206 Å². The standard InChI is InChI=1S/C43H77N2/c1-4-7-9-11-13-15-17-19-21-23-25-27-29-31-37-44-38-34-42(33-6-3)43-35-40-45(41-36-43)39-32-30-28-26-24-22-20-18-16-14-12-10-8-5-2/h6,33-36,38,40-41H,4-5,7-32,37,39H2,1-3H3/q+1/b33-6-,42-34+,44-38?. The first-order chi connectivity index (χ1) is 22.3. The summed E-state index contributed by atoms with van der Waals surface area (Å²) in [5.41, 5.74) is 2.51. The van der Waals surface area contributed by atoms with Crippen LogP contribution < -0.4 is 4.57 Å². The van der Waals surface area contributed by atoms with E-state index in [0.717, 1.165) is 13.1 Å². The highest BCUT2D eigenvalue weighted by Crippen LogP contribution is 2.16. The van der Waals surface area contributed by atoms with E-state index in [1.54, 1.807) is 0 Å². The molecule has 0 aromatic carbocycles. The molecule has 1 heterocycles. The van der Waals surface area contributed by atoms with Crippen LogP contribution in [0, 0.1) is 0 Å². The van der Waals surface area contributed by atoms with Gasteiger partial charge in [0.15, 0.2) is 12.4 Å². The molecule has 1 aromatic heterocycles. The SMILES string of the molecule is C/C=C\C(=C/C=NCCCCCCCCCCCCCCCC)c1cc[n+](CCCCCCCCCCCCCCCC)cc1. The second-order valence-corrected chi connectivity index (χ2v) is 13.7. The molecule has 0 bridgehead atoms. The van der Waals surface area contributed by atoms with E-state index in [1.165, 1.54) is 191 Å². The first kappa shape index (κ1) is 41.3. The molecular formula is C43H77N2+. The minimum absolute atomic E-state index is 0.950. The van der Waals surface area contributed by atoms with Crippen molar-refractivity contribution in [2.45, 2.75) is 207 Å². The summed E-state index contributed by atoms with van der Waals surface area (Å²) in [7, 11) is 0. The van der Waals surface area contributed by atoms with Gasteiger partial charge >= 0.3 is 0 Å². The molecule has 1 aromatic rings. The van der Waals surface area contributed by atoms with Crippen LogP contribution in [0.3, 0.4) is 0 Å². The molecule has 0 aliphatic rings. The lowest BCUT2D eigenvalue weighted by Crippen LogP contribution is -2.32. The van der Waals surface area contributed by atoms with Gasteiger partial charge in [-0.1, -0.05) is 187 Å². The second-order valence-electron chi connectivity index (χ2n) is 13.7. The Labute approximate surface area is 282 Å². The fourth-order valence-electron chi connectivity index (χ4n) is 6.32. The van der Waals surface area contributed by atoms with Crippen LogP contribution >= 0.6 is 0 Å². The lowest BCUT2D eigenvalue weighted by atomic mass is 10.0. The Kier molecular flexibility index (Phi) is 30.9. The fourth-order valence-corrected chi connectivity index (χ4v) is 6.32. The first-order valence-electron chi connectivity index (χ1n) is 20.1. The number of pyridine rings is 1. The van der Waals surface area contributed by atoms with Crippen molar-refractivity contribution in [2.24, 2.45) is 4.99 Å². The maximum Gasteiger partial charge on any atom is 0.169 e. The number of aliphatic imine (C=N–C) groups is 1. The molecule has 0 saturated heterocycles. The maximum absolute atomic E-state index is 4.69. The maximum atomic E-state index is 4.69. The van der Waals surface area contributed by atoms with Gasteiger partial charge in [0.25, 0.3) is 0 Å². The summed E-state index contributed by atoms with van der Waals surface area (Å²) >= 11 is 0. The lowest BCUT2D eigenvalue weighted by molar-refractivity contribution is -0.697. The van der Waals surface area contributed by atoms with Crippen LogP contribution in [0.15, 0.2) is 47.7 Å². The monoisotopic (exact) mass is 622 g/mol. The van der Waals surface area contributed by atoms with Crippen molar-refractivity contribution in [3.8, 4) is 0 Å². The van der Waals surface area contributed by atoms with Gasteiger partial charge in [-0.15, -0.1) is 0 Å². The van der Waals surface area contributed by atoms with Gasteiger partial charge in [-0.3, -0.25) is 4.99 Å². The molecule has 2 nitrogen and oxygen atoms in total. The van der Waals surface area contributed by atoms with Gasteiger partial charge in [-0.25, -0.2) is 4.57 Å². The molecule has 45 heavy (non-hydrogen) atoms. The zero-order valence-electron chi connectivity index (χ0n) is 30.7. The van der Waals surface area contributed by atoms with Crippen molar-refractivity contribution in [2.75, 3.05) is 6.54 Å². The zero-order valence-corrected chi connectivity index (χ0v) is 30.7. The van der Waals surface area contributed by atoms with E-state index >= 15 is 0 Å². The zero-order chi connectivity index (χ0) is 32.3. The van der Waals surface area contributed by atoms with E-state index in [2.05, 4.69) is 68.1 Å². The number of allylic oxidation sites excluding steroid dienone is 4. The molecule has 0 radical (unpaired) electrons. The molecular weight excluding hydrogens is 544 g/mol. The van der Waals surface area contributed by atoms with Gasteiger partial charge in [-0.05, 0) is 37.0 Å². The van der Waals surface area contributed by atoms with Crippen LogP contribution in [0.5, 0.6) is 0 Å². The number of unbranched alkanes of at least 4 members (excludes halogenated alkanes) is 26. The van der Waals surface area contributed by atoms with Crippen LogP contribution in [-0.2, 0) is 6.54 Å². The van der Waals surface area contributed by atoms with E-state index in [9.17, 15) is 0 Å². The van der Waals surface area contributed by atoms with E-state index < -0.39 is 0 Å². The summed E-state index contributed by atoms with van der Waals surface area (Å²) in [5, 5.41) is 0. The van der Waals surface area contributed by atoms with Crippen molar-refractivity contribution < 1.29 is 4.57 Å². The van der Waals surface area contributed by atoms with Crippen molar-refractivity contribution in [3.63, 3.8) is 0 Å². The summed E-state index contributed by atoms with van der Waals surface area (Å²) in [4.78, 5) is 4.69. The molecule has 258 valence electrons. The lowest BCUT2D eigenvalue weighted by Gasteiger charge is -2.04. The molecule has 2 heteroatoms. The first-order valence-corrected chi connectivity index (χ1v) is 20.1. The summed E-state index contributed by atoms with van der Waals surface area (Å²) < 4.78 is 2.35. The second kappa shape index (κ2) is 33.7. The van der Waals surface area contributed by atoms with Gasteiger partial charge in [0.1, 0.15) is 6.54 Å². The molecule has 0 amide bonds. The average molecular weight is 622 g/mol. The number of rotatable bonds is 33. The van der Waals surface area contributed by atoms with E-state index in [-0.39, 0.29) is 0 Å². The fraction of sp³-hybridized carbons (Fsp3) is 0.767. The predicted octanol–water partition coefficient (Wildman–Crippen LogP) is 14.0. The number of aryl methyl sites for hydroxylation is 1. The summed E-state index contributed by atoms with van der Waals surface area (Å²) in [5.74, 6) is 0. The van der Waals surface area contributed by atoms with Gasteiger partial charge in [-0.2, -0.15) is 0 Å². The molecule has 0 saturated carbocycles. The molecule has 0 aliphatic carbocycles. The van der Waals surface area contributed by atoms with E-state index in [4.69, 9.17) is 4.99 Å². The topological polar surface area (TPSA) is 16.2 Å². The molecule has 0 spiro atoms. The summed E-state index contributed by atoms with van der Waals surface area (Å²) in [6.07, 6.45) is 52.5. The molecule has 0 unspecified atom stereocenters. The van der Waals surface area contributed by atoms with Gasteiger partial charge in [0.05, 0.1) is 0 Å². The Bertz CT molecular complexity index is 819. The van der Waals surface area contributed by atoms with Gasteiger partial charge in [0.2, 0.25) is 0 Å². The quantitative estimate of drug-likeness (QED) is 0.0321. The van der Waals surface area contributed by atoms with Crippen LogP contribution in [-0.4, -0.2) is 12.8 Å². The Morgan fingerprint density at radius 2 is 0.911 bits per heavy atom. The average Bonchev–Trinajstić information content (AvgIpc) is 3.06. The van der Waals surface area contributed by atoms with Crippen LogP contribution in [0.25, 0.3) is 5.57 Å². The van der Waals surface area contributed by atoms with E-state index in [1.807, 2.05) is 6.21 Å². The third-order valence-electron chi connectivity index (χ3n) is 9.34. The van der Waals surface area contributed by atoms with Crippen LogP contribution in [0.4, 0.5) is 0 Å². The van der Waals surface area contributed by atoms with Crippen molar-refractivity contribution in [1.29, 1.82) is 0 Å². The van der Waals surface area contributed by atoms with E-state index in [0.29, 0.717) is 0 Å². The van der Waals surface area contributed by atoms with Gasteiger partial charge in [0, 0.05) is 31.3 Å². The summed E-state index contributed by atoms with van der Waals surface area (Å²) in [6, 6.07) is 4.52. The van der Waals surface area contributed by atoms with Crippen molar-refractivity contribution in [1.82, 2.24) is 0 Å². The highest BCUT2D eigenvalue weighted by atomic mass is 14.9. The summed E-state index contributed by atoms with van der Waals surface area (Å²) in [6.45, 7) is 8.77. The minimum atomic E-state index is 0.950. The molecule has 0 N–H and O–H groups in total. The molecule has 0 fully saturated rings. The number of nitrogens with zero attached hydrogens (tertiary/aromatic N) is 2. The molecule has 0 aliphatic heterocycles. The smallest absolute Gasteiger partial charge is 0.169 e. The minimum Gasteiger partial charge on any atom is -0.293 e. The largest absolute Gasteiger partial charge is 0.293 e. The number of hydrogen-bond acceptors (Lipinski definition) is 1. The van der Waals surface area contributed by atoms with Gasteiger partial charge < -0.3 is 0 Å². The third-order valence-corrected chi connectivity index (χ3v) is 9.34.